The van der Waals surface area contributed by atoms with Gasteiger partial charge in [0.25, 0.3) is 5.91 Å². The zero-order chi connectivity index (χ0) is 21.4. The zero-order valence-corrected chi connectivity index (χ0v) is 18.2. The number of aryl methyl sites for hydroxylation is 2. The highest BCUT2D eigenvalue weighted by Gasteiger charge is 2.11. The first-order chi connectivity index (χ1) is 13.7. The van der Waals surface area contributed by atoms with Gasteiger partial charge in [-0.15, -0.1) is 0 Å². The maximum absolute atomic E-state index is 11.9. The van der Waals surface area contributed by atoms with Gasteiger partial charge in [0.1, 0.15) is 5.75 Å². The van der Waals surface area contributed by atoms with Gasteiger partial charge in [0, 0.05) is 15.2 Å². The Labute approximate surface area is 181 Å². The molecule has 7 nitrogen and oxygen atoms in total. The summed E-state index contributed by atoms with van der Waals surface area (Å²) in [4.78, 5) is 35.4. The standard InChI is InChI=1S/C20H20BrClN2O5/c1-12-8-15(4-5-16(12)22)28-11-20(27)29-10-19(26)23-9-18(25)24-17-6-3-14(21)7-13(17)2/h3-8H,9-11H2,1-2H3,(H,23,26)(H,24,25). The molecule has 2 aromatic carbocycles. The minimum absolute atomic E-state index is 0.244. The van der Waals surface area contributed by atoms with E-state index < -0.39 is 24.4 Å². The van der Waals surface area contributed by atoms with Crippen molar-refractivity contribution in [2.45, 2.75) is 13.8 Å². The van der Waals surface area contributed by atoms with Crippen molar-refractivity contribution in [3.05, 3.63) is 57.0 Å². The molecule has 2 aromatic rings. The van der Waals surface area contributed by atoms with Gasteiger partial charge in [-0.05, 0) is 61.4 Å². The lowest BCUT2D eigenvalue weighted by atomic mass is 10.2. The lowest BCUT2D eigenvalue weighted by molar-refractivity contribution is -0.150. The molecule has 0 atom stereocenters. The van der Waals surface area contributed by atoms with E-state index in [1.807, 2.05) is 19.9 Å². The molecule has 0 saturated carbocycles. The van der Waals surface area contributed by atoms with Gasteiger partial charge in [-0.25, -0.2) is 4.79 Å². The van der Waals surface area contributed by atoms with Gasteiger partial charge >= 0.3 is 5.97 Å². The summed E-state index contributed by atoms with van der Waals surface area (Å²) < 4.78 is 11.0. The molecule has 0 radical (unpaired) electrons. The molecule has 0 saturated heterocycles. The number of nitrogens with one attached hydrogen (secondary N) is 2. The van der Waals surface area contributed by atoms with Crippen LogP contribution in [-0.4, -0.2) is 37.5 Å². The Hall–Kier alpha value is -2.58. The van der Waals surface area contributed by atoms with E-state index in [0.29, 0.717) is 16.5 Å². The van der Waals surface area contributed by atoms with Crippen LogP contribution in [-0.2, 0) is 19.1 Å². The number of carbonyl (C=O) groups excluding carboxylic acids is 3. The highest BCUT2D eigenvalue weighted by atomic mass is 79.9. The van der Waals surface area contributed by atoms with Crippen LogP contribution in [0, 0.1) is 13.8 Å². The number of halogens is 2. The lowest BCUT2D eigenvalue weighted by Crippen LogP contribution is -2.36. The fourth-order valence-corrected chi connectivity index (χ4v) is 2.82. The van der Waals surface area contributed by atoms with Gasteiger partial charge in [0.05, 0.1) is 6.54 Å². The molecule has 0 unspecified atom stereocenters. The van der Waals surface area contributed by atoms with Crippen LogP contribution in [0.2, 0.25) is 5.02 Å². The van der Waals surface area contributed by atoms with Crippen molar-refractivity contribution >= 4 is 51.0 Å². The highest BCUT2D eigenvalue weighted by Crippen LogP contribution is 2.21. The Kier molecular flexibility index (Phi) is 8.48. The number of hydrogen-bond donors (Lipinski definition) is 2. The van der Waals surface area contributed by atoms with Gasteiger partial charge in [-0.2, -0.15) is 0 Å². The number of amides is 2. The van der Waals surface area contributed by atoms with Crippen molar-refractivity contribution in [3.63, 3.8) is 0 Å². The monoisotopic (exact) mass is 482 g/mol. The number of carbonyl (C=O) groups is 3. The van der Waals surface area contributed by atoms with Crippen LogP contribution in [0.3, 0.4) is 0 Å². The molecular weight excluding hydrogens is 464 g/mol. The fraction of sp³-hybridized carbons (Fsp3) is 0.250. The van der Waals surface area contributed by atoms with E-state index in [1.54, 1.807) is 30.3 Å². The Bertz CT molecular complexity index is 920. The molecule has 2 rings (SSSR count). The van der Waals surface area contributed by atoms with Gasteiger partial charge in [-0.3, -0.25) is 9.59 Å². The summed E-state index contributed by atoms with van der Waals surface area (Å²) in [5, 5.41) is 5.67. The smallest absolute Gasteiger partial charge is 0.344 e. The first kappa shape index (κ1) is 22.7. The largest absolute Gasteiger partial charge is 0.482 e. The fourth-order valence-electron chi connectivity index (χ4n) is 2.23. The topological polar surface area (TPSA) is 93.7 Å². The van der Waals surface area contributed by atoms with E-state index in [0.717, 1.165) is 15.6 Å². The molecular formula is C20H20BrClN2O5. The van der Waals surface area contributed by atoms with E-state index in [4.69, 9.17) is 21.1 Å². The molecule has 0 aliphatic carbocycles. The first-order valence-corrected chi connectivity index (χ1v) is 9.79. The predicted octanol–water partition coefficient (Wildman–Crippen LogP) is 3.40. The third-order valence-electron chi connectivity index (χ3n) is 3.76. The summed E-state index contributed by atoms with van der Waals surface area (Å²) in [5.74, 6) is -1.23. The molecule has 154 valence electrons. The zero-order valence-electron chi connectivity index (χ0n) is 15.9. The van der Waals surface area contributed by atoms with Crippen LogP contribution in [0.4, 0.5) is 5.69 Å². The Morgan fingerprint density at radius 3 is 2.45 bits per heavy atom. The third-order valence-corrected chi connectivity index (χ3v) is 4.68. The van der Waals surface area contributed by atoms with Crippen molar-refractivity contribution in [3.8, 4) is 5.75 Å². The van der Waals surface area contributed by atoms with Crippen LogP contribution in [0.15, 0.2) is 40.9 Å². The van der Waals surface area contributed by atoms with Gasteiger partial charge in [0.15, 0.2) is 13.2 Å². The molecule has 0 spiro atoms. The number of rotatable bonds is 8. The molecule has 2 N–H and O–H groups in total. The predicted molar refractivity (Wildman–Crippen MR) is 113 cm³/mol. The Morgan fingerprint density at radius 1 is 1.00 bits per heavy atom. The Balaban J connectivity index is 1.67. The van der Waals surface area contributed by atoms with E-state index >= 15 is 0 Å². The van der Waals surface area contributed by atoms with Crippen LogP contribution < -0.4 is 15.4 Å². The second-order valence-corrected chi connectivity index (χ2v) is 7.47. The van der Waals surface area contributed by atoms with E-state index in [2.05, 4.69) is 26.6 Å². The van der Waals surface area contributed by atoms with Crippen LogP contribution in [0.5, 0.6) is 5.75 Å². The molecule has 2 amide bonds. The minimum Gasteiger partial charge on any atom is -0.482 e. The summed E-state index contributed by atoms with van der Waals surface area (Å²) in [6.45, 7) is 2.56. The first-order valence-electron chi connectivity index (χ1n) is 8.62. The molecule has 0 fully saturated rings. The van der Waals surface area contributed by atoms with Crippen molar-refractivity contribution in [2.75, 3.05) is 25.1 Å². The Morgan fingerprint density at radius 2 is 1.76 bits per heavy atom. The van der Waals surface area contributed by atoms with E-state index in [-0.39, 0.29) is 13.2 Å². The van der Waals surface area contributed by atoms with Gasteiger partial charge in [0.2, 0.25) is 5.91 Å². The highest BCUT2D eigenvalue weighted by molar-refractivity contribution is 9.10. The van der Waals surface area contributed by atoms with Crippen molar-refractivity contribution in [1.82, 2.24) is 5.32 Å². The molecule has 0 heterocycles. The number of esters is 1. The number of anilines is 1. The normalized spacial score (nSPS) is 10.2. The van der Waals surface area contributed by atoms with E-state index in [1.165, 1.54) is 0 Å². The summed E-state index contributed by atoms with van der Waals surface area (Å²) in [6.07, 6.45) is 0. The van der Waals surface area contributed by atoms with Crippen LogP contribution in [0.25, 0.3) is 0 Å². The second-order valence-electron chi connectivity index (χ2n) is 6.14. The number of ether oxygens (including phenoxy) is 2. The average molecular weight is 484 g/mol. The number of hydrogen-bond acceptors (Lipinski definition) is 5. The molecule has 0 aromatic heterocycles. The summed E-state index contributed by atoms with van der Waals surface area (Å²) >= 11 is 9.26. The SMILES string of the molecule is Cc1cc(OCC(=O)OCC(=O)NCC(=O)Nc2ccc(Br)cc2C)ccc1Cl. The van der Waals surface area contributed by atoms with Gasteiger partial charge in [-0.1, -0.05) is 27.5 Å². The molecule has 0 aliphatic rings. The summed E-state index contributed by atoms with van der Waals surface area (Å²) in [5.41, 5.74) is 2.34. The molecule has 0 aliphatic heterocycles. The third kappa shape index (κ3) is 7.75. The van der Waals surface area contributed by atoms with Crippen LogP contribution in [0.1, 0.15) is 11.1 Å². The molecule has 9 heteroatoms. The molecule has 0 bridgehead atoms. The van der Waals surface area contributed by atoms with Crippen molar-refractivity contribution < 1.29 is 23.9 Å². The van der Waals surface area contributed by atoms with Crippen molar-refractivity contribution in [2.24, 2.45) is 0 Å². The maximum atomic E-state index is 11.9. The second kappa shape index (κ2) is 10.8. The quantitative estimate of drug-likeness (QED) is 0.561. The minimum atomic E-state index is -0.706. The van der Waals surface area contributed by atoms with E-state index in [9.17, 15) is 14.4 Å². The molecule has 29 heavy (non-hydrogen) atoms. The summed E-state index contributed by atoms with van der Waals surface area (Å²) in [7, 11) is 0. The summed E-state index contributed by atoms with van der Waals surface area (Å²) in [6, 6.07) is 10.4. The van der Waals surface area contributed by atoms with Crippen molar-refractivity contribution in [1.29, 1.82) is 0 Å². The number of benzene rings is 2. The lowest BCUT2D eigenvalue weighted by Gasteiger charge is -2.10. The van der Waals surface area contributed by atoms with Crippen LogP contribution >= 0.6 is 27.5 Å². The maximum Gasteiger partial charge on any atom is 0.344 e. The van der Waals surface area contributed by atoms with Gasteiger partial charge < -0.3 is 20.1 Å². The average Bonchev–Trinajstić information content (AvgIpc) is 2.67.